The standard InChI is InChI=1S/C15H14F2O2/c1-11-2-6-13(7-3-11)19-14-8-4-12(5-9-14)15(16,17)10-18/h2-9,18H,10H2,1H3. The third kappa shape index (κ3) is 3.29. The highest BCUT2D eigenvalue weighted by Crippen LogP contribution is 2.29. The maximum absolute atomic E-state index is 13.2. The van der Waals surface area contributed by atoms with Gasteiger partial charge in [-0.1, -0.05) is 17.7 Å². The van der Waals surface area contributed by atoms with Crippen molar-refractivity contribution in [1.82, 2.24) is 0 Å². The summed E-state index contributed by atoms with van der Waals surface area (Å²) >= 11 is 0. The van der Waals surface area contributed by atoms with Crippen molar-refractivity contribution in [2.24, 2.45) is 0 Å². The van der Waals surface area contributed by atoms with E-state index in [-0.39, 0.29) is 5.56 Å². The Kier molecular flexibility index (Phi) is 3.81. The number of hydrogen-bond acceptors (Lipinski definition) is 2. The molecule has 2 rings (SSSR count). The van der Waals surface area contributed by atoms with Crippen LogP contribution in [0.4, 0.5) is 8.78 Å². The van der Waals surface area contributed by atoms with Crippen molar-refractivity contribution in [3.05, 3.63) is 59.7 Å². The smallest absolute Gasteiger partial charge is 0.295 e. The van der Waals surface area contributed by atoms with Crippen LogP contribution in [0.5, 0.6) is 11.5 Å². The highest BCUT2D eigenvalue weighted by molar-refractivity contribution is 5.35. The van der Waals surface area contributed by atoms with Crippen LogP contribution in [-0.2, 0) is 5.92 Å². The van der Waals surface area contributed by atoms with Gasteiger partial charge >= 0.3 is 0 Å². The molecule has 0 fully saturated rings. The predicted molar refractivity (Wildman–Crippen MR) is 68.7 cm³/mol. The van der Waals surface area contributed by atoms with Crippen LogP contribution in [-0.4, -0.2) is 11.7 Å². The molecule has 0 amide bonds. The minimum absolute atomic E-state index is 0.230. The molecule has 2 nitrogen and oxygen atoms in total. The van der Waals surface area contributed by atoms with Crippen molar-refractivity contribution in [2.75, 3.05) is 6.61 Å². The summed E-state index contributed by atoms with van der Waals surface area (Å²) in [5, 5.41) is 8.60. The third-order valence-corrected chi connectivity index (χ3v) is 2.73. The number of aliphatic hydroxyl groups excluding tert-OH is 1. The molecule has 0 heterocycles. The van der Waals surface area contributed by atoms with Crippen LogP contribution in [0.2, 0.25) is 0 Å². The number of benzene rings is 2. The van der Waals surface area contributed by atoms with E-state index in [2.05, 4.69) is 0 Å². The summed E-state index contributed by atoms with van der Waals surface area (Å²) in [4.78, 5) is 0. The van der Waals surface area contributed by atoms with Gasteiger partial charge in [-0.2, -0.15) is 8.78 Å². The minimum Gasteiger partial charge on any atom is -0.457 e. The quantitative estimate of drug-likeness (QED) is 0.908. The first-order chi connectivity index (χ1) is 9.01. The van der Waals surface area contributed by atoms with Crippen LogP contribution < -0.4 is 4.74 Å². The molecule has 0 spiro atoms. The molecule has 0 aliphatic heterocycles. The average Bonchev–Trinajstić information content (AvgIpc) is 2.42. The summed E-state index contributed by atoms with van der Waals surface area (Å²) in [6.07, 6.45) is 0. The molecule has 0 radical (unpaired) electrons. The van der Waals surface area contributed by atoms with Crippen molar-refractivity contribution < 1.29 is 18.6 Å². The molecule has 0 aliphatic carbocycles. The van der Waals surface area contributed by atoms with Crippen LogP contribution in [0.15, 0.2) is 48.5 Å². The summed E-state index contributed by atoms with van der Waals surface area (Å²) < 4.78 is 31.9. The molecule has 0 atom stereocenters. The topological polar surface area (TPSA) is 29.5 Å². The van der Waals surface area contributed by atoms with Gasteiger partial charge in [-0.25, -0.2) is 0 Å². The molecule has 0 unspecified atom stereocenters. The number of rotatable bonds is 4. The molecule has 2 aromatic rings. The highest BCUT2D eigenvalue weighted by atomic mass is 19.3. The lowest BCUT2D eigenvalue weighted by Crippen LogP contribution is -2.18. The Labute approximate surface area is 110 Å². The van der Waals surface area contributed by atoms with Gasteiger partial charge in [0.25, 0.3) is 5.92 Å². The monoisotopic (exact) mass is 264 g/mol. The Balaban J connectivity index is 2.13. The van der Waals surface area contributed by atoms with Crippen molar-refractivity contribution in [3.63, 3.8) is 0 Å². The molecule has 2 aromatic carbocycles. The Hall–Kier alpha value is -1.94. The molecule has 0 saturated heterocycles. The van der Waals surface area contributed by atoms with E-state index in [0.29, 0.717) is 11.5 Å². The summed E-state index contributed by atoms with van der Waals surface area (Å²) in [5.74, 6) is -2.10. The number of halogens is 2. The second kappa shape index (κ2) is 5.36. The molecule has 100 valence electrons. The molecule has 0 aliphatic rings. The fourth-order valence-electron chi connectivity index (χ4n) is 1.60. The van der Waals surface area contributed by atoms with E-state index >= 15 is 0 Å². The van der Waals surface area contributed by atoms with Crippen LogP contribution in [0.1, 0.15) is 11.1 Å². The predicted octanol–water partition coefficient (Wildman–Crippen LogP) is 3.87. The average molecular weight is 264 g/mol. The second-order valence-corrected chi connectivity index (χ2v) is 4.30. The van der Waals surface area contributed by atoms with Gasteiger partial charge in [0.15, 0.2) is 0 Å². The number of hydrogen-bond donors (Lipinski definition) is 1. The largest absolute Gasteiger partial charge is 0.457 e. The van der Waals surface area contributed by atoms with E-state index < -0.39 is 12.5 Å². The molecular formula is C15H14F2O2. The summed E-state index contributed by atoms with van der Waals surface area (Å²) in [6, 6.07) is 12.8. The summed E-state index contributed by atoms with van der Waals surface area (Å²) in [6.45, 7) is 0.765. The zero-order valence-electron chi connectivity index (χ0n) is 10.4. The number of aryl methyl sites for hydroxylation is 1. The number of alkyl halides is 2. The van der Waals surface area contributed by atoms with Crippen molar-refractivity contribution in [1.29, 1.82) is 0 Å². The molecule has 0 saturated carbocycles. The van der Waals surface area contributed by atoms with E-state index in [9.17, 15) is 8.78 Å². The summed E-state index contributed by atoms with van der Waals surface area (Å²) in [5.41, 5.74) is 0.886. The van der Waals surface area contributed by atoms with Gasteiger partial charge in [-0.15, -0.1) is 0 Å². The number of aliphatic hydroxyl groups is 1. The van der Waals surface area contributed by atoms with Crippen molar-refractivity contribution >= 4 is 0 Å². The van der Waals surface area contributed by atoms with Gasteiger partial charge in [0, 0.05) is 5.56 Å². The Morgan fingerprint density at radius 1 is 0.947 bits per heavy atom. The molecule has 1 N–H and O–H groups in total. The van der Waals surface area contributed by atoms with Crippen LogP contribution in [0.25, 0.3) is 0 Å². The maximum atomic E-state index is 13.2. The first-order valence-electron chi connectivity index (χ1n) is 5.85. The Bertz CT molecular complexity index is 533. The van der Waals surface area contributed by atoms with E-state index in [0.717, 1.165) is 5.56 Å². The second-order valence-electron chi connectivity index (χ2n) is 4.30. The van der Waals surface area contributed by atoms with Crippen LogP contribution >= 0.6 is 0 Å². The van der Waals surface area contributed by atoms with Gasteiger partial charge < -0.3 is 9.84 Å². The molecular weight excluding hydrogens is 250 g/mol. The number of ether oxygens (including phenoxy) is 1. The molecule has 0 aromatic heterocycles. The lowest BCUT2D eigenvalue weighted by atomic mass is 10.1. The van der Waals surface area contributed by atoms with Crippen LogP contribution in [0, 0.1) is 6.92 Å². The first-order valence-corrected chi connectivity index (χ1v) is 5.85. The molecule has 4 heteroatoms. The first kappa shape index (κ1) is 13.5. The SMILES string of the molecule is Cc1ccc(Oc2ccc(C(F)(F)CO)cc2)cc1. The van der Waals surface area contributed by atoms with Crippen LogP contribution in [0.3, 0.4) is 0 Å². The Morgan fingerprint density at radius 2 is 1.42 bits per heavy atom. The normalized spacial score (nSPS) is 11.4. The maximum Gasteiger partial charge on any atom is 0.295 e. The van der Waals surface area contributed by atoms with Gasteiger partial charge in [0.05, 0.1) is 0 Å². The fourth-order valence-corrected chi connectivity index (χ4v) is 1.60. The van der Waals surface area contributed by atoms with Gasteiger partial charge in [-0.05, 0) is 43.3 Å². The van der Waals surface area contributed by atoms with E-state index in [1.807, 2.05) is 31.2 Å². The van der Waals surface area contributed by atoms with E-state index in [1.165, 1.54) is 24.3 Å². The van der Waals surface area contributed by atoms with Gasteiger partial charge in [0.1, 0.15) is 18.1 Å². The molecule has 19 heavy (non-hydrogen) atoms. The Morgan fingerprint density at radius 3 is 1.89 bits per heavy atom. The molecule has 0 bridgehead atoms. The highest BCUT2D eigenvalue weighted by Gasteiger charge is 2.30. The third-order valence-electron chi connectivity index (χ3n) is 2.73. The van der Waals surface area contributed by atoms with Crippen molar-refractivity contribution in [2.45, 2.75) is 12.8 Å². The fraction of sp³-hybridized carbons (Fsp3) is 0.200. The minimum atomic E-state index is -3.22. The van der Waals surface area contributed by atoms with Crippen molar-refractivity contribution in [3.8, 4) is 11.5 Å². The summed E-state index contributed by atoms with van der Waals surface area (Å²) in [7, 11) is 0. The lowest BCUT2D eigenvalue weighted by Gasteiger charge is -2.14. The lowest BCUT2D eigenvalue weighted by molar-refractivity contribution is -0.0556. The van der Waals surface area contributed by atoms with E-state index in [1.54, 1.807) is 0 Å². The zero-order valence-corrected chi connectivity index (χ0v) is 10.4. The van der Waals surface area contributed by atoms with E-state index in [4.69, 9.17) is 9.84 Å². The van der Waals surface area contributed by atoms with Gasteiger partial charge in [-0.3, -0.25) is 0 Å². The zero-order chi connectivity index (χ0) is 13.9. The van der Waals surface area contributed by atoms with Gasteiger partial charge in [0.2, 0.25) is 0 Å².